The largest absolute Gasteiger partial charge is 0.495 e. The predicted octanol–water partition coefficient (Wildman–Crippen LogP) is 1.36. The molecule has 1 saturated heterocycles. The zero-order chi connectivity index (χ0) is 15.4. The standard InChI is InChI=1S/C16H18N4O2/c1-22-13-10-6-5-9-12(13)17-16(21)15-14(18-20-19-15)11-7-3-2-4-8-11/h2-10,14-15,18-20H,1H3,(H,17,21). The molecule has 1 aliphatic rings. The van der Waals surface area contributed by atoms with E-state index in [4.69, 9.17) is 4.74 Å². The number of benzene rings is 2. The molecule has 0 bridgehead atoms. The van der Waals surface area contributed by atoms with Crippen molar-refractivity contribution in [2.75, 3.05) is 12.4 Å². The molecule has 4 N–H and O–H groups in total. The summed E-state index contributed by atoms with van der Waals surface area (Å²) in [5.74, 6) is 0.488. The highest BCUT2D eigenvalue weighted by atomic mass is 16.5. The van der Waals surface area contributed by atoms with Crippen LogP contribution in [0, 0.1) is 0 Å². The van der Waals surface area contributed by atoms with Gasteiger partial charge in [-0.25, -0.2) is 10.9 Å². The first-order valence-electron chi connectivity index (χ1n) is 7.04. The average molecular weight is 298 g/mol. The van der Waals surface area contributed by atoms with Gasteiger partial charge in [-0.1, -0.05) is 42.5 Å². The third kappa shape index (κ3) is 2.94. The summed E-state index contributed by atoms with van der Waals surface area (Å²) in [4.78, 5) is 12.6. The fraction of sp³-hybridized carbons (Fsp3) is 0.188. The summed E-state index contributed by atoms with van der Waals surface area (Å²) < 4.78 is 5.25. The number of carbonyl (C=O) groups is 1. The van der Waals surface area contributed by atoms with Gasteiger partial charge >= 0.3 is 0 Å². The average Bonchev–Trinajstić information content (AvgIpc) is 3.06. The van der Waals surface area contributed by atoms with Crippen LogP contribution in [0.5, 0.6) is 5.75 Å². The number of methoxy groups -OCH3 is 1. The third-order valence-electron chi connectivity index (χ3n) is 3.59. The van der Waals surface area contributed by atoms with Crippen molar-refractivity contribution in [3.8, 4) is 5.75 Å². The van der Waals surface area contributed by atoms with E-state index in [0.717, 1.165) is 5.56 Å². The topological polar surface area (TPSA) is 74.4 Å². The quantitative estimate of drug-likeness (QED) is 0.686. The summed E-state index contributed by atoms with van der Waals surface area (Å²) in [6.45, 7) is 0. The Hall–Kier alpha value is -2.41. The van der Waals surface area contributed by atoms with Crippen molar-refractivity contribution in [3.63, 3.8) is 0 Å². The fourth-order valence-corrected chi connectivity index (χ4v) is 2.48. The van der Waals surface area contributed by atoms with Gasteiger partial charge in [-0.15, -0.1) is 0 Å². The second-order valence-electron chi connectivity index (χ2n) is 4.97. The molecule has 2 aromatic rings. The van der Waals surface area contributed by atoms with E-state index in [0.29, 0.717) is 11.4 Å². The van der Waals surface area contributed by atoms with Crippen molar-refractivity contribution in [3.05, 3.63) is 60.2 Å². The molecule has 114 valence electrons. The lowest BCUT2D eigenvalue weighted by Crippen LogP contribution is -2.41. The van der Waals surface area contributed by atoms with Gasteiger partial charge in [-0.3, -0.25) is 4.79 Å². The van der Waals surface area contributed by atoms with Gasteiger partial charge in [0.1, 0.15) is 11.8 Å². The molecule has 6 nitrogen and oxygen atoms in total. The van der Waals surface area contributed by atoms with Gasteiger partial charge in [-0.2, -0.15) is 5.53 Å². The summed E-state index contributed by atoms with van der Waals surface area (Å²) >= 11 is 0. The van der Waals surface area contributed by atoms with Crippen LogP contribution in [-0.2, 0) is 4.79 Å². The summed E-state index contributed by atoms with van der Waals surface area (Å²) in [6, 6.07) is 16.5. The van der Waals surface area contributed by atoms with Gasteiger partial charge in [0.15, 0.2) is 0 Å². The number of nitrogens with one attached hydrogen (secondary N) is 4. The van der Waals surface area contributed by atoms with Crippen molar-refractivity contribution >= 4 is 11.6 Å². The Labute approximate surface area is 128 Å². The van der Waals surface area contributed by atoms with Crippen LogP contribution in [0.2, 0.25) is 0 Å². The first-order chi connectivity index (χ1) is 10.8. The molecule has 1 amide bonds. The van der Waals surface area contributed by atoms with E-state index in [1.54, 1.807) is 7.11 Å². The van der Waals surface area contributed by atoms with Gasteiger partial charge in [0.2, 0.25) is 5.91 Å². The van der Waals surface area contributed by atoms with Gasteiger partial charge in [-0.05, 0) is 17.7 Å². The van der Waals surface area contributed by atoms with E-state index < -0.39 is 6.04 Å². The highest BCUT2D eigenvalue weighted by Crippen LogP contribution is 2.25. The van der Waals surface area contributed by atoms with Crippen molar-refractivity contribution < 1.29 is 9.53 Å². The van der Waals surface area contributed by atoms with Crippen LogP contribution in [0.4, 0.5) is 5.69 Å². The van der Waals surface area contributed by atoms with E-state index in [2.05, 4.69) is 21.7 Å². The highest BCUT2D eigenvalue weighted by molar-refractivity contribution is 5.96. The van der Waals surface area contributed by atoms with Crippen molar-refractivity contribution in [2.24, 2.45) is 0 Å². The summed E-state index contributed by atoms with van der Waals surface area (Å²) in [5, 5.41) is 2.90. The van der Waals surface area contributed by atoms with Crippen LogP contribution in [0.3, 0.4) is 0 Å². The molecule has 2 atom stereocenters. The lowest BCUT2D eigenvalue weighted by atomic mass is 10.0. The van der Waals surface area contributed by atoms with Gasteiger partial charge in [0, 0.05) is 0 Å². The fourth-order valence-electron chi connectivity index (χ4n) is 2.48. The Kier molecular flexibility index (Phi) is 4.34. The molecular formula is C16H18N4O2. The second-order valence-corrected chi connectivity index (χ2v) is 4.97. The van der Waals surface area contributed by atoms with Crippen LogP contribution in [-0.4, -0.2) is 19.1 Å². The van der Waals surface area contributed by atoms with E-state index in [9.17, 15) is 4.79 Å². The minimum atomic E-state index is -0.438. The van der Waals surface area contributed by atoms with Crippen LogP contribution in [0.1, 0.15) is 11.6 Å². The lowest BCUT2D eigenvalue weighted by Gasteiger charge is -2.18. The zero-order valence-corrected chi connectivity index (χ0v) is 12.2. The number of hydrogen-bond acceptors (Lipinski definition) is 5. The third-order valence-corrected chi connectivity index (χ3v) is 3.59. The molecule has 0 radical (unpaired) electrons. The molecule has 3 rings (SSSR count). The molecule has 1 aliphatic heterocycles. The summed E-state index contributed by atoms with van der Waals surface area (Å²) in [6.07, 6.45) is 0. The van der Waals surface area contributed by atoms with E-state index in [-0.39, 0.29) is 11.9 Å². The molecule has 0 spiro atoms. The number of carbonyl (C=O) groups excluding carboxylic acids is 1. The number of anilines is 1. The molecule has 22 heavy (non-hydrogen) atoms. The SMILES string of the molecule is COc1ccccc1NC(=O)C1NNNC1c1ccccc1. The zero-order valence-electron chi connectivity index (χ0n) is 12.2. The summed E-state index contributed by atoms with van der Waals surface area (Å²) in [7, 11) is 1.58. The van der Waals surface area contributed by atoms with Crippen LogP contribution < -0.4 is 26.4 Å². The van der Waals surface area contributed by atoms with E-state index in [1.807, 2.05) is 54.6 Å². The van der Waals surface area contributed by atoms with Crippen molar-refractivity contribution in [2.45, 2.75) is 12.1 Å². The number of para-hydroxylation sites is 2. The maximum absolute atomic E-state index is 12.6. The molecule has 2 unspecified atom stereocenters. The number of ether oxygens (including phenoxy) is 1. The summed E-state index contributed by atoms with van der Waals surface area (Å²) in [5.41, 5.74) is 10.5. The molecule has 6 heteroatoms. The van der Waals surface area contributed by atoms with Gasteiger partial charge in [0.05, 0.1) is 18.8 Å². The first-order valence-corrected chi connectivity index (χ1v) is 7.04. The smallest absolute Gasteiger partial charge is 0.245 e. The molecule has 0 saturated carbocycles. The lowest BCUT2D eigenvalue weighted by molar-refractivity contribution is -0.118. The molecule has 2 aromatic carbocycles. The van der Waals surface area contributed by atoms with Crippen LogP contribution in [0.15, 0.2) is 54.6 Å². The van der Waals surface area contributed by atoms with Crippen LogP contribution >= 0.6 is 0 Å². The molecular weight excluding hydrogens is 280 g/mol. The van der Waals surface area contributed by atoms with Gasteiger partial charge < -0.3 is 10.1 Å². The number of amides is 1. The maximum Gasteiger partial charge on any atom is 0.245 e. The maximum atomic E-state index is 12.6. The van der Waals surface area contributed by atoms with E-state index >= 15 is 0 Å². The number of rotatable bonds is 4. The predicted molar refractivity (Wildman–Crippen MR) is 84.0 cm³/mol. The minimum Gasteiger partial charge on any atom is -0.495 e. The van der Waals surface area contributed by atoms with Crippen molar-refractivity contribution in [1.82, 2.24) is 16.4 Å². The Bertz CT molecular complexity index is 648. The molecule has 0 aromatic heterocycles. The number of hydrazine groups is 2. The highest BCUT2D eigenvalue weighted by Gasteiger charge is 2.34. The van der Waals surface area contributed by atoms with E-state index in [1.165, 1.54) is 0 Å². The molecule has 1 fully saturated rings. The Morgan fingerprint density at radius 1 is 1.05 bits per heavy atom. The first kappa shape index (κ1) is 14.5. The van der Waals surface area contributed by atoms with Crippen LogP contribution in [0.25, 0.3) is 0 Å². The normalized spacial score (nSPS) is 20.6. The minimum absolute atomic E-state index is 0.143. The van der Waals surface area contributed by atoms with Crippen molar-refractivity contribution in [1.29, 1.82) is 0 Å². The second kappa shape index (κ2) is 6.57. The molecule has 1 heterocycles. The molecule has 0 aliphatic carbocycles. The van der Waals surface area contributed by atoms with Gasteiger partial charge in [0.25, 0.3) is 0 Å². The number of hydrogen-bond donors (Lipinski definition) is 4. The Balaban J connectivity index is 1.77. The Morgan fingerprint density at radius 3 is 2.55 bits per heavy atom. The Morgan fingerprint density at radius 2 is 1.77 bits per heavy atom. The monoisotopic (exact) mass is 298 g/mol.